The number of carbonyl (C=O) groups is 2. The van der Waals surface area contributed by atoms with Gasteiger partial charge in [-0.1, -0.05) is 0 Å². The second-order valence-electron chi connectivity index (χ2n) is 7.51. The molecule has 1 amide bonds. The van der Waals surface area contributed by atoms with Crippen LogP contribution in [-0.4, -0.2) is 35.4 Å². The lowest BCUT2D eigenvalue weighted by molar-refractivity contribution is 0.0500. The summed E-state index contributed by atoms with van der Waals surface area (Å²) in [7, 11) is 0. The van der Waals surface area contributed by atoms with E-state index in [1.165, 1.54) is 12.1 Å². The molecule has 1 atom stereocenters. The Balaban J connectivity index is 2.26. The minimum Gasteiger partial charge on any atom is -0.461 e. The predicted octanol–water partition coefficient (Wildman–Crippen LogP) is 5.20. The summed E-state index contributed by atoms with van der Waals surface area (Å²) in [6.45, 7) is 9.64. The molecule has 1 aromatic carbocycles. The van der Waals surface area contributed by atoms with Crippen LogP contribution in [0.2, 0.25) is 0 Å². The van der Waals surface area contributed by atoms with Crippen LogP contribution in [0.5, 0.6) is 0 Å². The molecule has 1 N–H and O–H groups in total. The predicted molar refractivity (Wildman–Crippen MR) is 109 cm³/mol. The SMILES string of the molecule is CCOC(=O)c1cc2cc(F)cc(Br)c2n1C(C)CCNC(=O)OC(C)(C)C. The molecule has 0 aliphatic rings. The number of nitrogens with zero attached hydrogens (tertiary/aromatic N) is 1. The summed E-state index contributed by atoms with van der Waals surface area (Å²) in [5.74, 6) is -0.871. The van der Waals surface area contributed by atoms with Crippen LogP contribution in [0.25, 0.3) is 10.9 Å². The van der Waals surface area contributed by atoms with E-state index in [9.17, 15) is 14.0 Å². The number of carbonyl (C=O) groups excluding carboxylic acids is 2. The van der Waals surface area contributed by atoms with Crippen LogP contribution in [0.3, 0.4) is 0 Å². The van der Waals surface area contributed by atoms with E-state index in [0.717, 1.165) is 0 Å². The maximum Gasteiger partial charge on any atom is 0.407 e. The van der Waals surface area contributed by atoms with Gasteiger partial charge in [-0.05, 0) is 75.2 Å². The van der Waals surface area contributed by atoms with E-state index in [4.69, 9.17) is 9.47 Å². The fourth-order valence-corrected chi connectivity index (χ4v) is 3.57. The van der Waals surface area contributed by atoms with Crippen molar-refractivity contribution < 1.29 is 23.5 Å². The fourth-order valence-electron chi connectivity index (χ4n) is 2.93. The monoisotopic (exact) mass is 456 g/mol. The van der Waals surface area contributed by atoms with Crippen molar-refractivity contribution in [2.45, 2.75) is 52.7 Å². The van der Waals surface area contributed by atoms with Crippen LogP contribution in [0.15, 0.2) is 22.7 Å². The maximum atomic E-state index is 13.8. The third-order valence-electron chi connectivity index (χ3n) is 4.01. The van der Waals surface area contributed by atoms with Crippen molar-refractivity contribution in [2.24, 2.45) is 0 Å². The van der Waals surface area contributed by atoms with Crippen LogP contribution in [0.4, 0.5) is 9.18 Å². The van der Waals surface area contributed by atoms with E-state index in [1.807, 2.05) is 11.5 Å². The van der Waals surface area contributed by atoms with Crippen molar-refractivity contribution >= 4 is 38.9 Å². The average molecular weight is 457 g/mol. The molecule has 6 nitrogen and oxygen atoms in total. The van der Waals surface area contributed by atoms with Gasteiger partial charge in [0, 0.05) is 22.4 Å². The van der Waals surface area contributed by atoms with Crippen molar-refractivity contribution in [3.05, 3.63) is 34.2 Å². The number of amides is 1. The number of hydrogen-bond acceptors (Lipinski definition) is 4. The van der Waals surface area contributed by atoms with Crippen LogP contribution in [0, 0.1) is 5.82 Å². The van der Waals surface area contributed by atoms with Crippen LogP contribution >= 0.6 is 15.9 Å². The smallest absolute Gasteiger partial charge is 0.407 e. The first-order chi connectivity index (χ1) is 13.0. The number of alkyl carbamates (subject to hydrolysis) is 1. The lowest BCUT2D eigenvalue weighted by Gasteiger charge is -2.21. The summed E-state index contributed by atoms with van der Waals surface area (Å²) in [5.41, 5.74) is 0.473. The fraction of sp³-hybridized carbons (Fsp3) is 0.500. The maximum absolute atomic E-state index is 13.8. The largest absolute Gasteiger partial charge is 0.461 e. The Kier molecular flexibility index (Phi) is 7.09. The zero-order valence-corrected chi connectivity index (χ0v) is 18.4. The van der Waals surface area contributed by atoms with Gasteiger partial charge in [0.05, 0.1) is 12.1 Å². The van der Waals surface area contributed by atoms with Crippen molar-refractivity contribution in [1.82, 2.24) is 9.88 Å². The van der Waals surface area contributed by atoms with Crippen molar-refractivity contribution in [3.8, 4) is 0 Å². The molecule has 0 saturated heterocycles. The van der Waals surface area contributed by atoms with Gasteiger partial charge >= 0.3 is 12.1 Å². The molecule has 154 valence electrons. The number of hydrogen-bond donors (Lipinski definition) is 1. The average Bonchev–Trinajstić information content (AvgIpc) is 2.93. The number of nitrogens with one attached hydrogen (secondary N) is 1. The summed E-state index contributed by atoms with van der Waals surface area (Å²) in [4.78, 5) is 24.3. The highest BCUT2D eigenvalue weighted by molar-refractivity contribution is 9.10. The van der Waals surface area contributed by atoms with Crippen molar-refractivity contribution in [1.29, 1.82) is 0 Å². The van der Waals surface area contributed by atoms with Gasteiger partial charge in [-0.25, -0.2) is 14.0 Å². The van der Waals surface area contributed by atoms with E-state index < -0.39 is 23.5 Å². The van der Waals surface area contributed by atoms with Crippen LogP contribution < -0.4 is 5.32 Å². The Labute approximate surface area is 172 Å². The van der Waals surface area contributed by atoms with E-state index in [1.54, 1.807) is 33.8 Å². The van der Waals surface area contributed by atoms with Gasteiger partial charge in [0.2, 0.25) is 0 Å². The summed E-state index contributed by atoms with van der Waals surface area (Å²) in [6, 6.07) is 4.21. The first-order valence-corrected chi connectivity index (χ1v) is 9.96. The zero-order valence-electron chi connectivity index (χ0n) is 16.8. The standard InChI is InChI=1S/C20H26BrFN2O4/c1-6-27-18(25)16-10-13-9-14(22)11-15(21)17(13)24(16)12(2)7-8-23-19(26)28-20(3,4)5/h9-12H,6-8H2,1-5H3,(H,23,26). The molecule has 2 rings (SSSR count). The molecule has 1 aromatic heterocycles. The van der Waals surface area contributed by atoms with E-state index in [0.29, 0.717) is 34.0 Å². The highest BCUT2D eigenvalue weighted by Crippen LogP contribution is 2.32. The third kappa shape index (κ3) is 5.47. The minimum atomic E-state index is -0.571. The first-order valence-electron chi connectivity index (χ1n) is 9.17. The van der Waals surface area contributed by atoms with Gasteiger partial charge in [-0.15, -0.1) is 0 Å². The van der Waals surface area contributed by atoms with Gasteiger partial charge in [0.1, 0.15) is 17.1 Å². The number of aromatic nitrogens is 1. The van der Waals surface area contributed by atoms with E-state index in [2.05, 4.69) is 21.2 Å². The molecule has 0 fully saturated rings. The number of fused-ring (bicyclic) bond motifs is 1. The molecule has 1 unspecified atom stereocenters. The van der Waals surface area contributed by atoms with Crippen LogP contribution in [0.1, 0.15) is 57.6 Å². The molecule has 0 saturated carbocycles. The molecular formula is C20H26BrFN2O4. The summed E-state index contributed by atoms with van der Waals surface area (Å²) in [6.07, 6.45) is 0.0464. The molecule has 0 bridgehead atoms. The molecular weight excluding hydrogens is 431 g/mol. The number of rotatable bonds is 6. The highest BCUT2D eigenvalue weighted by Gasteiger charge is 2.23. The lowest BCUT2D eigenvalue weighted by atomic mass is 10.2. The molecule has 28 heavy (non-hydrogen) atoms. The minimum absolute atomic E-state index is 0.159. The summed E-state index contributed by atoms with van der Waals surface area (Å²) in [5, 5.41) is 3.31. The topological polar surface area (TPSA) is 69.6 Å². The Morgan fingerprint density at radius 1 is 1.29 bits per heavy atom. The number of esters is 1. The number of ether oxygens (including phenoxy) is 2. The van der Waals surface area contributed by atoms with Gasteiger partial charge in [-0.3, -0.25) is 0 Å². The molecule has 2 aromatic rings. The zero-order chi connectivity index (χ0) is 21.1. The molecule has 0 radical (unpaired) electrons. The van der Waals surface area contributed by atoms with Crippen LogP contribution in [-0.2, 0) is 9.47 Å². The van der Waals surface area contributed by atoms with Gasteiger partial charge < -0.3 is 19.4 Å². The second-order valence-corrected chi connectivity index (χ2v) is 8.37. The molecule has 1 heterocycles. The molecule has 8 heteroatoms. The highest BCUT2D eigenvalue weighted by atomic mass is 79.9. The number of halogens is 2. The third-order valence-corrected chi connectivity index (χ3v) is 4.61. The van der Waals surface area contributed by atoms with Gasteiger partial charge in [0.25, 0.3) is 0 Å². The Hall–Kier alpha value is -2.09. The number of benzene rings is 1. The molecule has 0 spiro atoms. The van der Waals surface area contributed by atoms with Gasteiger partial charge in [-0.2, -0.15) is 0 Å². The Morgan fingerprint density at radius 3 is 2.57 bits per heavy atom. The lowest BCUT2D eigenvalue weighted by Crippen LogP contribution is -2.33. The second kappa shape index (κ2) is 8.94. The Bertz CT molecular complexity index is 873. The summed E-state index contributed by atoms with van der Waals surface area (Å²) >= 11 is 3.39. The Morgan fingerprint density at radius 2 is 1.96 bits per heavy atom. The van der Waals surface area contributed by atoms with Crippen molar-refractivity contribution in [2.75, 3.05) is 13.2 Å². The molecule has 0 aliphatic carbocycles. The molecule has 0 aliphatic heterocycles. The quantitative estimate of drug-likeness (QED) is 0.606. The van der Waals surface area contributed by atoms with E-state index in [-0.39, 0.29) is 12.6 Å². The first kappa shape index (κ1) is 22.2. The van der Waals surface area contributed by atoms with E-state index >= 15 is 0 Å². The summed E-state index contributed by atoms with van der Waals surface area (Å²) < 4.78 is 26.5. The van der Waals surface area contributed by atoms with Crippen molar-refractivity contribution in [3.63, 3.8) is 0 Å². The van der Waals surface area contributed by atoms with Gasteiger partial charge in [0.15, 0.2) is 0 Å². The normalized spacial score (nSPS) is 12.7.